The van der Waals surface area contributed by atoms with Crippen LogP contribution in [0, 0.1) is 0 Å². The van der Waals surface area contributed by atoms with E-state index in [1.54, 1.807) is 12.1 Å². The predicted molar refractivity (Wildman–Crippen MR) is 107 cm³/mol. The number of carbonyl (C=O) groups excluding carboxylic acids is 2. The van der Waals surface area contributed by atoms with Crippen LogP contribution in [0.3, 0.4) is 0 Å². The molecule has 2 aromatic carbocycles. The lowest BCUT2D eigenvalue weighted by atomic mass is 9.98. The number of nitrogens with zero attached hydrogens (tertiary/aromatic N) is 1. The lowest BCUT2D eigenvalue weighted by molar-refractivity contribution is 0.0287. The van der Waals surface area contributed by atoms with Crippen molar-refractivity contribution in [1.82, 2.24) is 10.2 Å². The van der Waals surface area contributed by atoms with Crippen molar-refractivity contribution in [3.63, 3.8) is 0 Å². The summed E-state index contributed by atoms with van der Waals surface area (Å²) in [6.45, 7) is 0.551. The Balaban J connectivity index is 1.32. The fourth-order valence-corrected chi connectivity index (χ4v) is 4.45. The minimum atomic E-state index is -0.268. The van der Waals surface area contributed by atoms with Gasteiger partial charge in [0.2, 0.25) is 0 Å². The Bertz CT molecular complexity index is 821. The highest BCUT2D eigenvalue weighted by Gasteiger charge is 2.42. The molecule has 2 bridgehead atoms. The molecule has 2 unspecified atom stereocenters. The van der Waals surface area contributed by atoms with E-state index in [2.05, 4.69) is 5.32 Å². The normalized spacial score (nSPS) is 23.5. The number of hydrogen-bond acceptors (Lipinski definition) is 3. The van der Waals surface area contributed by atoms with E-state index in [0.29, 0.717) is 36.9 Å². The Labute approximate surface area is 165 Å². The molecule has 2 aliphatic heterocycles. The van der Waals surface area contributed by atoms with Crippen molar-refractivity contribution in [2.24, 2.45) is 0 Å². The standard InChI is InChI=1S/C23H26N2O3/c26-21-14-19-10-11-20(15-21)25(19)23(28)18-8-6-16(7-9-18)12-13-24-22(27)17-4-2-1-3-5-17/h1-9,19-21,26H,10-15H2,(H,24,27). The molecular weight excluding hydrogens is 352 g/mol. The fraction of sp³-hybridized carbons (Fsp3) is 0.391. The molecule has 146 valence electrons. The molecule has 0 radical (unpaired) electrons. The summed E-state index contributed by atoms with van der Waals surface area (Å²) in [5, 5.41) is 12.8. The molecule has 4 rings (SSSR count). The van der Waals surface area contributed by atoms with Gasteiger partial charge in [0.1, 0.15) is 0 Å². The van der Waals surface area contributed by atoms with Crippen LogP contribution in [0.15, 0.2) is 54.6 Å². The van der Waals surface area contributed by atoms with Gasteiger partial charge in [-0.2, -0.15) is 0 Å². The van der Waals surface area contributed by atoms with Crippen LogP contribution in [-0.4, -0.2) is 46.6 Å². The fourth-order valence-electron chi connectivity index (χ4n) is 4.45. The first-order valence-electron chi connectivity index (χ1n) is 10.0. The molecule has 0 spiro atoms. The smallest absolute Gasteiger partial charge is 0.254 e. The summed E-state index contributed by atoms with van der Waals surface area (Å²) in [7, 11) is 0. The van der Waals surface area contributed by atoms with Gasteiger partial charge < -0.3 is 15.3 Å². The molecule has 0 aliphatic carbocycles. The van der Waals surface area contributed by atoms with Crippen molar-refractivity contribution in [2.75, 3.05) is 6.54 Å². The van der Waals surface area contributed by atoms with Crippen LogP contribution in [0.1, 0.15) is 52.0 Å². The first-order valence-corrected chi connectivity index (χ1v) is 10.0. The summed E-state index contributed by atoms with van der Waals surface area (Å²) in [5.74, 6) is -0.00140. The highest BCUT2D eigenvalue weighted by Crippen LogP contribution is 2.36. The Kier molecular flexibility index (Phi) is 5.44. The maximum atomic E-state index is 12.9. The Morgan fingerprint density at radius 2 is 1.57 bits per heavy atom. The Morgan fingerprint density at radius 3 is 2.21 bits per heavy atom. The molecule has 5 nitrogen and oxygen atoms in total. The van der Waals surface area contributed by atoms with Gasteiger partial charge >= 0.3 is 0 Å². The summed E-state index contributed by atoms with van der Waals surface area (Å²) in [4.78, 5) is 27.0. The molecule has 28 heavy (non-hydrogen) atoms. The van der Waals surface area contributed by atoms with Gasteiger partial charge in [0.05, 0.1) is 6.10 Å². The molecule has 2 amide bonds. The van der Waals surface area contributed by atoms with E-state index in [1.807, 2.05) is 47.4 Å². The zero-order valence-corrected chi connectivity index (χ0v) is 15.9. The largest absolute Gasteiger partial charge is 0.393 e. The molecule has 2 aliphatic rings. The molecule has 2 atom stereocenters. The SMILES string of the molecule is O=C(NCCc1ccc(C(=O)N2C3CCC2CC(O)C3)cc1)c1ccccc1. The number of piperidine rings is 1. The number of aliphatic hydroxyl groups excluding tert-OH is 1. The van der Waals surface area contributed by atoms with E-state index in [0.717, 1.165) is 18.4 Å². The third-order valence-corrected chi connectivity index (χ3v) is 5.88. The van der Waals surface area contributed by atoms with Crippen LogP contribution >= 0.6 is 0 Å². The van der Waals surface area contributed by atoms with Crippen molar-refractivity contribution in [2.45, 2.75) is 50.3 Å². The summed E-state index contributed by atoms with van der Waals surface area (Å²) < 4.78 is 0. The zero-order chi connectivity index (χ0) is 19.5. The van der Waals surface area contributed by atoms with Gasteiger partial charge in [-0.05, 0) is 61.9 Å². The molecule has 0 aromatic heterocycles. The van der Waals surface area contributed by atoms with Crippen LogP contribution < -0.4 is 5.32 Å². The van der Waals surface area contributed by atoms with Gasteiger partial charge in [-0.3, -0.25) is 9.59 Å². The molecule has 2 saturated heterocycles. The minimum absolute atomic E-state index is 0.0725. The van der Waals surface area contributed by atoms with E-state index >= 15 is 0 Å². The number of benzene rings is 2. The van der Waals surface area contributed by atoms with E-state index in [9.17, 15) is 14.7 Å². The van der Waals surface area contributed by atoms with Gasteiger partial charge in [-0.1, -0.05) is 30.3 Å². The second kappa shape index (κ2) is 8.15. The average molecular weight is 378 g/mol. The monoisotopic (exact) mass is 378 g/mol. The Morgan fingerprint density at radius 1 is 0.929 bits per heavy atom. The van der Waals surface area contributed by atoms with Crippen LogP contribution in [-0.2, 0) is 6.42 Å². The average Bonchev–Trinajstić information content (AvgIpc) is 2.99. The predicted octanol–water partition coefficient (Wildman–Crippen LogP) is 2.79. The number of nitrogens with one attached hydrogen (secondary N) is 1. The summed E-state index contributed by atoms with van der Waals surface area (Å²) in [5.41, 5.74) is 2.44. The van der Waals surface area contributed by atoms with Crippen LogP contribution in [0.4, 0.5) is 0 Å². The van der Waals surface area contributed by atoms with Crippen molar-refractivity contribution < 1.29 is 14.7 Å². The molecule has 0 saturated carbocycles. The van der Waals surface area contributed by atoms with Crippen molar-refractivity contribution in [1.29, 1.82) is 0 Å². The molecule has 2 N–H and O–H groups in total. The third kappa shape index (κ3) is 3.94. The molecule has 2 fully saturated rings. The third-order valence-electron chi connectivity index (χ3n) is 5.88. The lowest BCUT2D eigenvalue weighted by Gasteiger charge is -2.37. The Hall–Kier alpha value is -2.66. The van der Waals surface area contributed by atoms with Gasteiger partial charge in [-0.15, -0.1) is 0 Å². The van der Waals surface area contributed by atoms with Crippen LogP contribution in [0.2, 0.25) is 0 Å². The van der Waals surface area contributed by atoms with Crippen molar-refractivity contribution >= 4 is 11.8 Å². The quantitative estimate of drug-likeness (QED) is 0.841. The molecule has 2 aromatic rings. The van der Waals surface area contributed by atoms with E-state index < -0.39 is 0 Å². The number of hydrogen-bond donors (Lipinski definition) is 2. The summed E-state index contributed by atoms with van der Waals surface area (Å²) in [6, 6.07) is 17.2. The van der Waals surface area contributed by atoms with Crippen molar-refractivity contribution in [3.05, 3.63) is 71.3 Å². The zero-order valence-electron chi connectivity index (χ0n) is 15.9. The van der Waals surface area contributed by atoms with Gasteiger partial charge in [0, 0.05) is 29.8 Å². The second-order valence-corrected chi connectivity index (χ2v) is 7.79. The van der Waals surface area contributed by atoms with E-state index in [1.165, 1.54) is 0 Å². The van der Waals surface area contributed by atoms with Gasteiger partial charge in [0.15, 0.2) is 0 Å². The maximum absolute atomic E-state index is 12.9. The minimum Gasteiger partial charge on any atom is -0.393 e. The maximum Gasteiger partial charge on any atom is 0.254 e. The van der Waals surface area contributed by atoms with E-state index in [4.69, 9.17) is 0 Å². The number of aliphatic hydroxyl groups is 1. The number of rotatable bonds is 5. The second-order valence-electron chi connectivity index (χ2n) is 7.79. The first-order chi connectivity index (χ1) is 13.6. The number of amides is 2. The number of carbonyl (C=O) groups is 2. The van der Waals surface area contributed by atoms with Gasteiger partial charge in [-0.25, -0.2) is 0 Å². The lowest BCUT2D eigenvalue weighted by Crippen LogP contribution is -2.48. The van der Waals surface area contributed by atoms with Crippen LogP contribution in [0.5, 0.6) is 0 Å². The van der Waals surface area contributed by atoms with Gasteiger partial charge in [0.25, 0.3) is 11.8 Å². The van der Waals surface area contributed by atoms with E-state index in [-0.39, 0.29) is 30.0 Å². The first kappa shape index (κ1) is 18.7. The highest BCUT2D eigenvalue weighted by atomic mass is 16.3. The summed E-state index contributed by atoms with van der Waals surface area (Å²) >= 11 is 0. The molecule has 5 heteroatoms. The molecule has 2 heterocycles. The van der Waals surface area contributed by atoms with Crippen LogP contribution in [0.25, 0.3) is 0 Å². The van der Waals surface area contributed by atoms with Crippen molar-refractivity contribution in [3.8, 4) is 0 Å². The highest BCUT2D eigenvalue weighted by molar-refractivity contribution is 5.95. The summed E-state index contributed by atoms with van der Waals surface area (Å²) in [6.07, 6.45) is 3.83. The number of fused-ring (bicyclic) bond motifs is 2. The molecular formula is C23H26N2O3. The topological polar surface area (TPSA) is 69.6 Å².